The molecule has 0 fully saturated rings. The van der Waals surface area contributed by atoms with Crippen molar-refractivity contribution in [1.82, 2.24) is 20.5 Å². The Hall–Kier alpha value is -2.21. The lowest BCUT2D eigenvalue weighted by Gasteiger charge is -2.19. The van der Waals surface area contributed by atoms with Gasteiger partial charge in [-0.25, -0.2) is 0 Å². The number of hydrogen-bond acceptors (Lipinski definition) is 4. The van der Waals surface area contributed by atoms with Crippen LogP contribution in [0.25, 0.3) is 0 Å². The molecule has 1 aromatic carbocycles. The van der Waals surface area contributed by atoms with Crippen LogP contribution in [0.3, 0.4) is 0 Å². The zero-order valence-corrected chi connectivity index (χ0v) is 20.2. The van der Waals surface area contributed by atoms with Gasteiger partial charge in [-0.3, -0.25) is 14.8 Å². The van der Waals surface area contributed by atoms with Gasteiger partial charge < -0.3 is 20.3 Å². The van der Waals surface area contributed by atoms with E-state index >= 15 is 0 Å². The zero-order chi connectivity index (χ0) is 21.9. The highest BCUT2D eigenvalue weighted by atomic mass is 127. The number of aromatic nitrogens is 1. The fourth-order valence-corrected chi connectivity index (χ4v) is 2.74. The summed E-state index contributed by atoms with van der Waals surface area (Å²) < 4.78 is 29.6. The van der Waals surface area contributed by atoms with Crippen LogP contribution < -0.4 is 15.4 Å². The number of carbonyl (C=O) groups is 1. The molecule has 31 heavy (non-hydrogen) atoms. The second-order valence-electron chi connectivity index (χ2n) is 6.30. The van der Waals surface area contributed by atoms with Crippen LogP contribution in [-0.2, 0) is 17.8 Å². The lowest BCUT2D eigenvalue weighted by Crippen LogP contribution is -2.43. The Morgan fingerprint density at radius 3 is 2.71 bits per heavy atom. The number of alkyl halides is 2. The van der Waals surface area contributed by atoms with E-state index in [0.29, 0.717) is 29.5 Å². The van der Waals surface area contributed by atoms with Gasteiger partial charge in [-0.1, -0.05) is 17.7 Å². The molecule has 7 nitrogen and oxygen atoms in total. The maximum Gasteiger partial charge on any atom is 0.387 e. The first kappa shape index (κ1) is 26.8. The minimum Gasteiger partial charge on any atom is -0.434 e. The fourth-order valence-electron chi connectivity index (χ4n) is 2.54. The fraction of sp³-hybridized carbons (Fsp3) is 0.350. The van der Waals surface area contributed by atoms with Crippen LogP contribution in [0.4, 0.5) is 8.78 Å². The van der Waals surface area contributed by atoms with Gasteiger partial charge in [0, 0.05) is 56.1 Å². The lowest BCUT2D eigenvalue weighted by molar-refractivity contribution is -0.128. The molecular weight excluding hydrogens is 543 g/mol. The van der Waals surface area contributed by atoms with E-state index in [4.69, 9.17) is 11.6 Å². The summed E-state index contributed by atoms with van der Waals surface area (Å²) in [7, 11) is 3.25. The summed E-state index contributed by atoms with van der Waals surface area (Å²) >= 11 is 5.94. The van der Waals surface area contributed by atoms with E-state index < -0.39 is 6.61 Å². The highest BCUT2D eigenvalue weighted by Crippen LogP contribution is 2.24. The largest absolute Gasteiger partial charge is 0.434 e. The van der Waals surface area contributed by atoms with Gasteiger partial charge in [-0.2, -0.15) is 8.78 Å². The number of amides is 1. The van der Waals surface area contributed by atoms with Crippen LogP contribution in [0.1, 0.15) is 11.3 Å². The molecule has 1 amide bonds. The molecule has 0 aliphatic heterocycles. The highest BCUT2D eigenvalue weighted by Gasteiger charge is 2.13. The van der Waals surface area contributed by atoms with Crippen molar-refractivity contribution in [1.29, 1.82) is 0 Å². The van der Waals surface area contributed by atoms with Crippen LogP contribution in [-0.4, -0.2) is 55.5 Å². The van der Waals surface area contributed by atoms with Gasteiger partial charge in [-0.05, 0) is 30.3 Å². The molecule has 0 radical (unpaired) electrons. The summed E-state index contributed by atoms with van der Waals surface area (Å²) in [5.74, 6) is 0.227. The molecule has 0 unspecified atom stereocenters. The minimum absolute atomic E-state index is 0. The zero-order valence-electron chi connectivity index (χ0n) is 17.1. The Balaban J connectivity index is 0.00000480. The molecule has 11 heteroatoms. The van der Waals surface area contributed by atoms with Gasteiger partial charge in [0.15, 0.2) is 5.96 Å². The second kappa shape index (κ2) is 14.0. The van der Waals surface area contributed by atoms with Crippen LogP contribution >= 0.6 is 35.6 Å². The topological polar surface area (TPSA) is 78.9 Å². The number of hydrogen-bond donors (Lipinski definition) is 2. The number of carbonyl (C=O) groups excluding carboxylic acids is 1. The van der Waals surface area contributed by atoms with E-state index in [2.05, 4.69) is 25.3 Å². The van der Waals surface area contributed by atoms with Crippen molar-refractivity contribution in [3.63, 3.8) is 0 Å². The number of aliphatic imine (C=N–C) groups is 1. The number of guanidine groups is 1. The van der Waals surface area contributed by atoms with Gasteiger partial charge >= 0.3 is 6.61 Å². The molecule has 0 bridgehead atoms. The number of rotatable bonds is 9. The van der Waals surface area contributed by atoms with Gasteiger partial charge in [0.2, 0.25) is 5.91 Å². The average Bonchev–Trinajstić information content (AvgIpc) is 2.74. The quantitative estimate of drug-likeness (QED) is 0.276. The molecule has 0 aliphatic carbocycles. The molecule has 0 aliphatic rings. The van der Waals surface area contributed by atoms with Crippen molar-refractivity contribution in [2.75, 3.05) is 27.2 Å². The van der Waals surface area contributed by atoms with Crippen molar-refractivity contribution in [3.8, 4) is 5.75 Å². The van der Waals surface area contributed by atoms with E-state index in [0.717, 1.165) is 5.69 Å². The Bertz CT molecular complexity index is 859. The lowest BCUT2D eigenvalue weighted by atomic mass is 10.2. The summed E-state index contributed by atoms with van der Waals surface area (Å²) in [6, 6.07) is 10.0. The van der Waals surface area contributed by atoms with Gasteiger partial charge in [0.1, 0.15) is 5.75 Å². The maximum atomic E-state index is 12.6. The number of nitrogens with zero attached hydrogens (tertiary/aromatic N) is 3. The van der Waals surface area contributed by atoms with Crippen LogP contribution in [0.5, 0.6) is 5.75 Å². The number of pyridine rings is 1. The molecule has 2 aromatic rings. The Kier molecular flexibility index (Phi) is 12.1. The van der Waals surface area contributed by atoms with E-state index in [9.17, 15) is 13.6 Å². The second-order valence-corrected chi connectivity index (χ2v) is 6.73. The molecule has 0 atom stereocenters. The van der Waals surface area contributed by atoms with E-state index in [1.165, 1.54) is 18.2 Å². The Morgan fingerprint density at radius 1 is 1.29 bits per heavy atom. The van der Waals surface area contributed by atoms with Gasteiger partial charge in [0.25, 0.3) is 0 Å². The molecule has 0 saturated carbocycles. The molecule has 1 heterocycles. The molecule has 2 N–H and O–H groups in total. The summed E-state index contributed by atoms with van der Waals surface area (Å²) in [6.45, 7) is -2.26. The smallest absolute Gasteiger partial charge is 0.387 e. The minimum atomic E-state index is -2.94. The third-order valence-electron chi connectivity index (χ3n) is 4.17. The van der Waals surface area contributed by atoms with Crippen molar-refractivity contribution in [2.24, 2.45) is 4.99 Å². The van der Waals surface area contributed by atoms with Gasteiger partial charge in [-0.15, -0.1) is 24.0 Å². The van der Waals surface area contributed by atoms with Crippen molar-refractivity contribution < 1.29 is 18.3 Å². The first-order chi connectivity index (χ1) is 14.4. The molecule has 170 valence electrons. The van der Waals surface area contributed by atoms with E-state index in [-0.39, 0.29) is 48.7 Å². The number of ether oxygens (including phenoxy) is 1. The van der Waals surface area contributed by atoms with E-state index in [1.807, 2.05) is 18.2 Å². The number of benzene rings is 1. The summed E-state index contributed by atoms with van der Waals surface area (Å²) in [6.07, 6.45) is 2.36. The SMILES string of the molecule is CN=C(NCC(=O)N(C)CCc1ccccn1)NCc1cc(Cl)ccc1OC(F)F.I. The van der Waals surface area contributed by atoms with Crippen molar-refractivity contribution in [2.45, 2.75) is 19.6 Å². The van der Waals surface area contributed by atoms with Gasteiger partial charge in [0.05, 0.1) is 6.54 Å². The Labute approximate surface area is 202 Å². The summed E-state index contributed by atoms with van der Waals surface area (Å²) in [5, 5.41) is 6.25. The monoisotopic (exact) mass is 567 g/mol. The summed E-state index contributed by atoms with van der Waals surface area (Å²) in [4.78, 5) is 22.2. The molecule has 2 rings (SSSR count). The number of likely N-dealkylation sites (N-methyl/N-ethyl adjacent to an activating group) is 1. The molecular formula is C20H25ClF2IN5O2. The number of halogens is 4. The number of nitrogens with one attached hydrogen (secondary N) is 2. The molecule has 0 spiro atoms. The Morgan fingerprint density at radius 2 is 2.06 bits per heavy atom. The van der Waals surface area contributed by atoms with Crippen LogP contribution in [0, 0.1) is 0 Å². The van der Waals surface area contributed by atoms with E-state index in [1.54, 1.807) is 25.2 Å². The van der Waals surface area contributed by atoms with Crippen molar-refractivity contribution >= 4 is 47.4 Å². The molecule has 1 aromatic heterocycles. The standard InChI is InChI=1S/C20H24ClF2N5O2.HI/c1-24-20(26-12-14-11-15(21)6-7-17(14)30-19(22)23)27-13-18(29)28(2)10-8-16-5-3-4-9-25-16;/h3-7,9,11,19H,8,10,12-13H2,1-2H3,(H2,24,26,27);1H. The average molecular weight is 568 g/mol. The third-order valence-corrected chi connectivity index (χ3v) is 4.41. The van der Waals surface area contributed by atoms with Crippen LogP contribution in [0.2, 0.25) is 5.02 Å². The summed E-state index contributed by atoms with van der Waals surface area (Å²) in [5.41, 5.74) is 1.34. The third kappa shape index (κ3) is 9.64. The predicted octanol–water partition coefficient (Wildman–Crippen LogP) is 3.32. The highest BCUT2D eigenvalue weighted by molar-refractivity contribution is 14.0. The predicted molar refractivity (Wildman–Crippen MR) is 127 cm³/mol. The first-order valence-electron chi connectivity index (χ1n) is 9.20. The maximum absolute atomic E-state index is 12.6. The van der Waals surface area contributed by atoms with Crippen LogP contribution in [0.15, 0.2) is 47.6 Å². The molecule has 0 saturated heterocycles. The normalized spacial score (nSPS) is 11.0. The van der Waals surface area contributed by atoms with Crippen molar-refractivity contribution in [3.05, 3.63) is 58.9 Å². The first-order valence-corrected chi connectivity index (χ1v) is 9.58.